The van der Waals surface area contributed by atoms with Gasteiger partial charge in [0, 0.05) is 22.5 Å². The summed E-state index contributed by atoms with van der Waals surface area (Å²) >= 11 is 0. The maximum atomic E-state index is 12.4. The molecule has 0 atom stereocenters. The lowest BCUT2D eigenvalue weighted by atomic mass is 10.1. The fraction of sp³-hybridized carbons (Fsp3) is 0.105. The Morgan fingerprint density at radius 3 is 2.28 bits per heavy atom. The second-order valence-corrected chi connectivity index (χ2v) is 5.82. The van der Waals surface area contributed by atoms with Gasteiger partial charge in [-0.1, -0.05) is 35.9 Å². The fourth-order valence-electron chi connectivity index (χ4n) is 2.71. The Labute approximate surface area is 143 Å². The van der Waals surface area contributed by atoms with Crippen LogP contribution in [-0.2, 0) is 0 Å². The molecule has 126 valence electrons. The number of nitrogens with one attached hydrogen (secondary N) is 3. The van der Waals surface area contributed by atoms with Crippen molar-refractivity contribution >= 4 is 22.7 Å². The Balaban J connectivity index is 1.81. The van der Waals surface area contributed by atoms with E-state index in [-0.39, 0.29) is 11.1 Å². The molecule has 0 saturated carbocycles. The molecule has 25 heavy (non-hydrogen) atoms. The van der Waals surface area contributed by atoms with Gasteiger partial charge in [0.15, 0.2) is 0 Å². The third-order valence-corrected chi connectivity index (χ3v) is 3.91. The molecule has 3 N–H and O–H groups in total. The van der Waals surface area contributed by atoms with E-state index in [1.165, 1.54) is 6.07 Å². The average molecular weight is 335 g/mol. The molecule has 3 aromatic rings. The number of pyridine rings is 1. The number of para-hydroxylation sites is 1. The summed E-state index contributed by atoms with van der Waals surface area (Å²) < 4.78 is 0. The Morgan fingerprint density at radius 1 is 0.880 bits per heavy atom. The highest BCUT2D eigenvalue weighted by Gasteiger charge is 2.14. The maximum Gasteiger partial charge on any atom is 0.270 e. The quantitative estimate of drug-likeness (QED) is 0.627. The van der Waals surface area contributed by atoms with E-state index in [4.69, 9.17) is 0 Å². The zero-order chi connectivity index (χ0) is 18.0. The molecule has 3 rings (SSSR count). The summed E-state index contributed by atoms with van der Waals surface area (Å²) in [6.07, 6.45) is 0. The SMILES string of the molecule is Cc1ccc(C(=O)NNC(=O)c2cc(=O)[nH]c3ccccc23)c(C)c1. The lowest BCUT2D eigenvalue weighted by molar-refractivity contribution is 0.0847. The molecule has 0 radical (unpaired) electrons. The molecule has 0 aliphatic heterocycles. The summed E-state index contributed by atoms with van der Waals surface area (Å²) in [6.45, 7) is 3.77. The van der Waals surface area contributed by atoms with Crippen LogP contribution in [0.25, 0.3) is 10.9 Å². The molecule has 0 saturated heterocycles. The lowest BCUT2D eigenvalue weighted by Crippen LogP contribution is -2.42. The zero-order valence-electron chi connectivity index (χ0n) is 13.8. The number of hydrazine groups is 1. The van der Waals surface area contributed by atoms with E-state index in [2.05, 4.69) is 15.8 Å². The molecule has 0 aliphatic rings. The van der Waals surface area contributed by atoms with Crippen LogP contribution >= 0.6 is 0 Å². The summed E-state index contributed by atoms with van der Waals surface area (Å²) in [5, 5.41) is 0.598. The van der Waals surface area contributed by atoms with Crippen molar-refractivity contribution in [2.24, 2.45) is 0 Å². The molecule has 2 aromatic carbocycles. The van der Waals surface area contributed by atoms with E-state index in [9.17, 15) is 14.4 Å². The van der Waals surface area contributed by atoms with Gasteiger partial charge in [-0.25, -0.2) is 0 Å². The van der Waals surface area contributed by atoms with E-state index in [1.807, 2.05) is 26.0 Å². The monoisotopic (exact) mass is 335 g/mol. The molecule has 0 aliphatic carbocycles. The maximum absolute atomic E-state index is 12.4. The van der Waals surface area contributed by atoms with Gasteiger partial charge in [0.2, 0.25) is 5.56 Å². The summed E-state index contributed by atoms with van der Waals surface area (Å²) in [5.41, 5.74) is 7.46. The van der Waals surface area contributed by atoms with Crippen molar-refractivity contribution in [3.63, 3.8) is 0 Å². The smallest absolute Gasteiger partial charge is 0.270 e. The number of aromatic nitrogens is 1. The third-order valence-electron chi connectivity index (χ3n) is 3.91. The van der Waals surface area contributed by atoms with Gasteiger partial charge in [-0.3, -0.25) is 25.2 Å². The number of carbonyl (C=O) groups excluding carboxylic acids is 2. The van der Waals surface area contributed by atoms with Crippen LogP contribution in [0.4, 0.5) is 0 Å². The van der Waals surface area contributed by atoms with Gasteiger partial charge < -0.3 is 4.98 Å². The first-order chi connectivity index (χ1) is 12.0. The van der Waals surface area contributed by atoms with Crippen molar-refractivity contribution in [2.75, 3.05) is 0 Å². The van der Waals surface area contributed by atoms with Crippen LogP contribution in [0.1, 0.15) is 31.8 Å². The van der Waals surface area contributed by atoms with Crippen LogP contribution < -0.4 is 16.4 Å². The normalized spacial score (nSPS) is 10.5. The van der Waals surface area contributed by atoms with E-state index in [0.717, 1.165) is 11.1 Å². The van der Waals surface area contributed by atoms with Gasteiger partial charge in [-0.05, 0) is 31.5 Å². The molecule has 1 heterocycles. The number of rotatable bonds is 2. The molecule has 0 unspecified atom stereocenters. The summed E-state index contributed by atoms with van der Waals surface area (Å²) in [5.74, 6) is -0.972. The van der Waals surface area contributed by atoms with Crippen LogP contribution in [0.15, 0.2) is 53.3 Å². The number of aromatic amines is 1. The van der Waals surface area contributed by atoms with Crippen molar-refractivity contribution < 1.29 is 9.59 Å². The number of hydrogen-bond acceptors (Lipinski definition) is 3. The number of benzene rings is 2. The van der Waals surface area contributed by atoms with Crippen molar-refractivity contribution in [3.8, 4) is 0 Å². The average Bonchev–Trinajstić information content (AvgIpc) is 2.58. The van der Waals surface area contributed by atoms with Crippen molar-refractivity contribution in [1.29, 1.82) is 0 Å². The highest BCUT2D eigenvalue weighted by molar-refractivity contribution is 6.07. The molecule has 6 nitrogen and oxygen atoms in total. The number of aryl methyl sites for hydroxylation is 2. The Morgan fingerprint density at radius 2 is 1.56 bits per heavy atom. The largest absolute Gasteiger partial charge is 0.322 e. The van der Waals surface area contributed by atoms with Gasteiger partial charge >= 0.3 is 0 Å². The highest BCUT2D eigenvalue weighted by Crippen LogP contribution is 2.14. The molecular weight excluding hydrogens is 318 g/mol. The predicted molar refractivity (Wildman–Crippen MR) is 95.4 cm³/mol. The molecule has 1 aromatic heterocycles. The second kappa shape index (κ2) is 6.60. The van der Waals surface area contributed by atoms with E-state index in [0.29, 0.717) is 16.5 Å². The van der Waals surface area contributed by atoms with E-state index >= 15 is 0 Å². The van der Waals surface area contributed by atoms with Crippen molar-refractivity contribution in [1.82, 2.24) is 15.8 Å². The highest BCUT2D eigenvalue weighted by atomic mass is 16.2. The van der Waals surface area contributed by atoms with Gasteiger partial charge in [0.1, 0.15) is 0 Å². The van der Waals surface area contributed by atoms with Crippen molar-refractivity contribution in [3.05, 3.63) is 81.1 Å². The molecule has 0 bridgehead atoms. The second-order valence-electron chi connectivity index (χ2n) is 5.82. The van der Waals surface area contributed by atoms with Gasteiger partial charge in [-0.2, -0.15) is 0 Å². The Bertz CT molecular complexity index is 1040. The first kappa shape index (κ1) is 16.4. The lowest BCUT2D eigenvalue weighted by Gasteiger charge is -2.11. The number of carbonyl (C=O) groups is 2. The topological polar surface area (TPSA) is 91.1 Å². The molecule has 0 fully saturated rings. The molecular formula is C19H17N3O3. The van der Waals surface area contributed by atoms with Crippen molar-refractivity contribution in [2.45, 2.75) is 13.8 Å². The minimum Gasteiger partial charge on any atom is -0.322 e. The first-order valence-corrected chi connectivity index (χ1v) is 7.76. The van der Waals surface area contributed by atoms with Crippen LogP contribution in [0.3, 0.4) is 0 Å². The zero-order valence-corrected chi connectivity index (χ0v) is 13.8. The van der Waals surface area contributed by atoms with Gasteiger partial charge in [0.05, 0.1) is 5.56 Å². The van der Waals surface area contributed by atoms with Crippen LogP contribution in [-0.4, -0.2) is 16.8 Å². The number of fused-ring (bicyclic) bond motifs is 1. The summed E-state index contributed by atoms with van der Waals surface area (Å²) in [7, 11) is 0. The van der Waals surface area contributed by atoms with Gasteiger partial charge in [0.25, 0.3) is 11.8 Å². The van der Waals surface area contributed by atoms with E-state index < -0.39 is 11.8 Å². The minimum absolute atomic E-state index is 0.195. The summed E-state index contributed by atoms with van der Waals surface area (Å²) in [6, 6.07) is 13.6. The Hall–Kier alpha value is -3.41. The minimum atomic E-state index is -0.555. The van der Waals surface area contributed by atoms with Crippen LogP contribution in [0.2, 0.25) is 0 Å². The standard InChI is InChI=1S/C19H17N3O3/c1-11-7-8-13(12(2)9-11)18(24)21-22-19(25)15-10-17(23)20-16-6-4-3-5-14(15)16/h3-10H,1-2H3,(H,20,23)(H,21,24)(H,22,25). The van der Waals surface area contributed by atoms with E-state index in [1.54, 1.807) is 30.3 Å². The number of amides is 2. The van der Waals surface area contributed by atoms with Crippen LogP contribution in [0, 0.1) is 13.8 Å². The third kappa shape index (κ3) is 3.42. The first-order valence-electron chi connectivity index (χ1n) is 7.76. The molecule has 2 amide bonds. The molecule has 0 spiro atoms. The predicted octanol–water partition coefficient (Wildman–Crippen LogP) is 2.22. The fourth-order valence-corrected chi connectivity index (χ4v) is 2.71. The summed E-state index contributed by atoms with van der Waals surface area (Å²) in [4.78, 5) is 39.0. The number of hydrogen-bond donors (Lipinski definition) is 3. The van der Waals surface area contributed by atoms with Gasteiger partial charge in [-0.15, -0.1) is 0 Å². The number of H-pyrrole nitrogens is 1. The molecule has 6 heteroatoms. The van der Waals surface area contributed by atoms with Crippen LogP contribution in [0.5, 0.6) is 0 Å². The Kier molecular flexibility index (Phi) is 4.35.